The van der Waals surface area contributed by atoms with Gasteiger partial charge in [0.1, 0.15) is 11.8 Å². The van der Waals surface area contributed by atoms with Crippen molar-refractivity contribution in [2.45, 2.75) is 37.8 Å². The van der Waals surface area contributed by atoms with Crippen LogP contribution < -0.4 is 11.5 Å². The van der Waals surface area contributed by atoms with Crippen molar-refractivity contribution < 1.29 is 4.79 Å². The first-order valence-electron chi connectivity index (χ1n) is 10.2. The molecule has 7 nitrogen and oxygen atoms in total. The predicted octanol–water partition coefficient (Wildman–Crippen LogP) is 2.20. The third kappa shape index (κ3) is 4.85. The number of rotatable bonds is 7. The summed E-state index contributed by atoms with van der Waals surface area (Å²) in [6.45, 7) is 3.27. The number of hydrogen-bond donors (Lipinski definition) is 2. The van der Waals surface area contributed by atoms with E-state index in [0.29, 0.717) is 22.7 Å². The van der Waals surface area contributed by atoms with E-state index in [1.165, 1.54) is 25.2 Å². The highest BCUT2D eigenvalue weighted by Crippen LogP contribution is 2.35. The molecule has 1 saturated heterocycles. The van der Waals surface area contributed by atoms with Crippen LogP contribution in [-0.4, -0.2) is 60.3 Å². The average molecular weight is 415 g/mol. The number of benzene rings is 1. The number of halogens is 1. The number of hydrogen-bond acceptors (Lipinski definition) is 5. The van der Waals surface area contributed by atoms with E-state index in [2.05, 4.69) is 14.9 Å². The molecule has 2 aliphatic heterocycles. The number of nitrogens with zero attached hydrogens (tertiary/aromatic N) is 4. The third-order valence-electron chi connectivity index (χ3n) is 6.10. The molecule has 1 amide bonds. The molecule has 1 aromatic rings. The number of amidine groups is 1. The summed E-state index contributed by atoms with van der Waals surface area (Å²) in [6.07, 6.45) is 6.09. The van der Waals surface area contributed by atoms with Crippen LogP contribution in [0.4, 0.5) is 5.69 Å². The Morgan fingerprint density at radius 1 is 1.24 bits per heavy atom. The number of carbonyl (C=O) groups is 1. The van der Waals surface area contributed by atoms with Crippen molar-refractivity contribution in [3.8, 4) is 0 Å². The Balaban J connectivity index is 1.46. The molecule has 4 rings (SSSR count). The fourth-order valence-electron chi connectivity index (χ4n) is 4.21. The summed E-state index contributed by atoms with van der Waals surface area (Å²) in [7, 11) is 0. The summed E-state index contributed by atoms with van der Waals surface area (Å²) >= 11 is 5.90. The van der Waals surface area contributed by atoms with Gasteiger partial charge in [0.2, 0.25) is 5.91 Å². The summed E-state index contributed by atoms with van der Waals surface area (Å²) in [5.41, 5.74) is 13.6. The van der Waals surface area contributed by atoms with Gasteiger partial charge < -0.3 is 16.4 Å². The molecule has 8 heteroatoms. The summed E-state index contributed by atoms with van der Waals surface area (Å²) < 4.78 is 0. The van der Waals surface area contributed by atoms with Crippen LogP contribution >= 0.6 is 11.6 Å². The van der Waals surface area contributed by atoms with Crippen LogP contribution in [0.5, 0.6) is 0 Å². The van der Waals surface area contributed by atoms with Crippen LogP contribution in [0, 0.1) is 11.8 Å². The first-order chi connectivity index (χ1) is 14.0. The van der Waals surface area contributed by atoms with E-state index >= 15 is 0 Å². The molecule has 154 valence electrons. The highest BCUT2D eigenvalue weighted by Gasteiger charge is 2.39. The molecule has 0 bridgehead atoms. The molecular formula is C21H27ClN6O. The van der Waals surface area contributed by atoms with Gasteiger partial charge in [-0.25, -0.2) is 4.99 Å². The Kier molecular flexibility index (Phi) is 5.96. The zero-order chi connectivity index (χ0) is 20.4. The van der Waals surface area contributed by atoms with Gasteiger partial charge >= 0.3 is 0 Å². The van der Waals surface area contributed by atoms with Crippen LogP contribution in [0.25, 0.3) is 0 Å². The standard InChI is InChI=1S/C21H27ClN6O/c22-13-2-4-14(5-3-13)27-20(23)17(21(24)29)11-25-18-7-6-15(28-8-1-9-28)10-16(18)19-12-26-19/h2-5,11,15-18H,1,6-10,12H2,(H2,23,27)(H2,24,29). The van der Waals surface area contributed by atoms with Crippen molar-refractivity contribution in [1.82, 2.24) is 4.90 Å². The number of carbonyl (C=O) groups excluding carboxylic acids is 1. The Labute approximate surface area is 175 Å². The van der Waals surface area contributed by atoms with Gasteiger partial charge in [-0.3, -0.25) is 14.8 Å². The first-order valence-corrected chi connectivity index (χ1v) is 10.6. The minimum atomic E-state index is -0.833. The summed E-state index contributed by atoms with van der Waals surface area (Å²) in [4.78, 5) is 28.1. The van der Waals surface area contributed by atoms with E-state index in [9.17, 15) is 4.79 Å². The van der Waals surface area contributed by atoms with Crippen molar-refractivity contribution >= 4 is 41.0 Å². The second kappa shape index (κ2) is 8.63. The fraction of sp³-hybridized carbons (Fsp3) is 0.524. The second-order valence-electron chi connectivity index (χ2n) is 8.03. The van der Waals surface area contributed by atoms with Crippen LogP contribution in [0.1, 0.15) is 25.7 Å². The van der Waals surface area contributed by atoms with Gasteiger partial charge in [-0.1, -0.05) is 11.6 Å². The fourth-order valence-corrected chi connectivity index (χ4v) is 4.34. The van der Waals surface area contributed by atoms with Gasteiger partial charge in [0, 0.05) is 28.9 Å². The summed E-state index contributed by atoms with van der Waals surface area (Å²) in [6, 6.07) is 7.67. The maximum atomic E-state index is 12.0. The molecule has 3 aliphatic rings. The van der Waals surface area contributed by atoms with E-state index in [-0.39, 0.29) is 11.9 Å². The first kappa shape index (κ1) is 20.0. The van der Waals surface area contributed by atoms with Gasteiger partial charge in [0.15, 0.2) is 0 Å². The van der Waals surface area contributed by atoms with Crippen LogP contribution in [0.15, 0.2) is 39.2 Å². The molecule has 0 aromatic heterocycles. The number of likely N-dealkylation sites (tertiary alicyclic amines) is 1. The Bertz CT molecular complexity index is 845. The molecule has 4 N–H and O–H groups in total. The molecule has 4 unspecified atom stereocenters. The van der Waals surface area contributed by atoms with E-state index in [1.54, 1.807) is 30.5 Å². The zero-order valence-corrected chi connectivity index (χ0v) is 17.1. The second-order valence-corrected chi connectivity index (χ2v) is 8.47. The minimum Gasteiger partial charge on any atom is -0.386 e. The van der Waals surface area contributed by atoms with Gasteiger partial charge in [-0.05, 0) is 63.0 Å². The van der Waals surface area contributed by atoms with Crippen molar-refractivity contribution in [3.05, 3.63) is 29.3 Å². The largest absolute Gasteiger partial charge is 0.386 e. The summed E-state index contributed by atoms with van der Waals surface area (Å²) in [5, 5.41) is 0.610. The lowest BCUT2D eigenvalue weighted by Crippen LogP contribution is -2.49. The Morgan fingerprint density at radius 3 is 2.55 bits per heavy atom. The van der Waals surface area contributed by atoms with Gasteiger partial charge in [-0.2, -0.15) is 0 Å². The van der Waals surface area contributed by atoms with Crippen molar-refractivity contribution in [1.29, 1.82) is 0 Å². The zero-order valence-electron chi connectivity index (χ0n) is 16.4. The monoisotopic (exact) mass is 414 g/mol. The number of primary amides is 1. The normalized spacial score (nSPS) is 28.7. The average Bonchev–Trinajstić information content (AvgIpc) is 3.48. The van der Waals surface area contributed by atoms with E-state index in [1.807, 2.05) is 0 Å². The van der Waals surface area contributed by atoms with Crippen LogP contribution in [0.3, 0.4) is 0 Å². The topological polar surface area (TPSA) is 109 Å². The Morgan fingerprint density at radius 2 is 1.97 bits per heavy atom. The van der Waals surface area contributed by atoms with Gasteiger partial charge in [0.25, 0.3) is 0 Å². The molecule has 29 heavy (non-hydrogen) atoms. The highest BCUT2D eigenvalue weighted by atomic mass is 35.5. The number of aliphatic imine (C=N–C) groups is 3. The third-order valence-corrected chi connectivity index (χ3v) is 6.35. The SMILES string of the molecule is NC(=O)C(C=NC1CCC(N2CCC2)CC1C1=NC1)C(N)=Nc1ccc(Cl)cc1. The van der Waals surface area contributed by atoms with Gasteiger partial charge in [0.05, 0.1) is 18.3 Å². The maximum absolute atomic E-state index is 12.0. The van der Waals surface area contributed by atoms with E-state index in [4.69, 9.17) is 28.1 Å². The number of amides is 1. The quantitative estimate of drug-likeness (QED) is 0.527. The van der Waals surface area contributed by atoms with Crippen molar-refractivity contribution in [2.24, 2.45) is 38.3 Å². The smallest absolute Gasteiger partial charge is 0.233 e. The minimum absolute atomic E-state index is 0.124. The lowest BCUT2D eigenvalue weighted by atomic mass is 9.79. The molecule has 2 heterocycles. The lowest BCUT2D eigenvalue weighted by Gasteiger charge is -2.43. The maximum Gasteiger partial charge on any atom is 0.233 e. The highest BCUT2D eigenvalue weighted by molar-refractivity contribution is 6.30. The van der Waals surface area contributed by atoms with Crippen molar-refractivity contribution in [2.75, 3.05) is 19.6 Å². The summed E-state index contributed by atoms with van der Waals surface area (Å²) in [5.74, 6) is -0.897. The molecule has 1 saturated carbocycles. The number of nitrogens with two attached hydrogens (primary N) is 2. The van der Waals surface area contributed by atoms with E-state index in [0.717, 1.165) is 25.8 Å². The van der Waals surface area contributed by atoms with Crippen LogP contribution in [-0.2, 0) is 4.79 Å². The molecule has 1 aliphatic carbocycles. The molecule has 0 radical (unpaired) electrons. The molecule has 1 aromatic carbocycles. The molecule has 4 atom stereocenters. The molecular weight excluding hydrogens is 388 g/mol. The molecule has 2 fully saturated rings. The van der Waals surface area contributed by atoms with Crippen LogP contribution in [0.2, 0.25) is 5.02 Å². The lowest BCUT2D eigenvalue weighted by molar-refractivity contribution is -0.118. The van der Waals surface area contributed by atoms with Gasteiger partial charge in [-0.15, -0.1) is 0 Å². The predicted molar refractivity (Wildman–Crippen MR) is 117 cm³/mol. The van der Waals surface area contributed by atoms with Crippen molar-refractivity contribution in [3.63, 3.8) is 0 Å². The van der Waals surface area contributed by atoms with E-state index < -0.39 is 11.8 Å². The Hall–Kier alpha value is -2.25. The molecule has 0 spiro atoms.